The maximum atomic E-state index is 14.6. The summed E-state index contributed by atoms with van der Waals surface area (Å²) in [4.78, 5) is 4.42. The van der Waals surface area contributed by atoms with Crippen LogP contribution in [0.5, 0.6) is 0 Å². The van der Waals surface area contributed by atoms with E-state index in [1.165, 1.54) is 64.2 Å². The summed E-state index contributed by atoms with van der Waals surface area (Å²) in [6.07, 6.45) is 18.6. The Morgan fingerprint density at radius 1 is 1.00 bits per heavy atom. The fourth-order valence-corrected chi connectivity index (χ4v) is 4.80. The molecule has 1 saturated carbocycles. The number of aliphatic imine (C=N–C) groups is 1. The molecule has 0 spiro atoms. The predicted molar refractivity (Wildman–Crippen MR) is 121 cm³/mol. The van der Waals surface area contributed by atoms with Crippen molar-refractivity contribution in [2.24, 2.45) is 16.8 Å². The zero-order valence-corrected chi connectivity index (χ0v) is 18.4. The van der Waals surface area contributed by atoms with E-state index in [0.29, 0.717) is 10.7 Å². The van der Waals surface area contributed by atoms with Gasteiger partial charge in [-0.25, -0.2) is 0 Å². The molecular weight excluding hydrogens is 373 g/mol. The van der Waals surface area contributed by atoms with Crippen molar-refractivity contribution in [3.8, 4) is 6.07 Å². The fraction of sp³-hybridized carbons (Fsp3) is 0.615. The predicted octanol–water partition coefficient (Wildman–Crippen LogP) is 7.66. The number of benzene rings is 1. The lowest BCUT2D eigenvalue weighted by molar-refractivity contribution is 0.0364. The monoisotopic (exact) mass is 409 g/mol. The highest BCUT2D eigenvalue weighted by molar-refractivity contribution is 5.79. The van der Waals surface area contributed by atoms with Crippen LogP contribution in [0.4, 0.5) is 4.48 Å². The van der Waals surface area contributed by atoms with Gasteiger partial charge in [0.05, 0.1) is 11.6 Å². The van der Waals surface area contributed by atoms with Crippen molar-refractivity contribution >= 4 is 6.21 Å². The average molecular weight is 410 g/mol. The molecule has 1 aliphatic carbocycles. The Labute approximate surface area is 181 Å². The summed E-state index contributed by atoms with van der Waals surface area (Å²) in [5, 5.41) is 9.60. The highest BCUT2D eigenvalue weighted by Crippen LogP contribution is 2.35. The largest absolute Gasteiger partial charge is 0.261 e. The molecule has 4 heteroatoms. The van der Waals surface area contributed by atoms with Crippen LogP contribution < -0.4 is 0 Å². The SMILES string of the molecule is CCCCCCC[C@H]1CC[C@H](CCC2=CN(F)C(c3ccc(C#N)cc3)N=C2)CC1. The molecule has 0 saturated heterocycles. The Kier molecular flexibility index (Phi) is 8.93. The second kappa shape index (κ2) is 11.9. The van der Waals surface area contributed by atoms with Crippen LogP contribution in [-0.2, 0) is 0 Å². The molecule has 0 N–H and O–H groups in total. The van der Waals surface area contributed by atoms with Crippen molar-refractivity contribution in [2.45, 2.75) is 90.1 Å². The third-order valence-electron chi connectivity index (χ3n) is 6.77. The van der Waals surface area contributed by atoms with E-state index in [4.69, 9.17) is 5.26 Å². The third kappa shape index (κ3) is 6.69. The molecule has 0 aromatic heterocycles. The number of hydrogen-bond acceptors (Lipinski definition) is 3. The van der Waals surface area contributed by atoms with Gasteiger partial charge in [0.15, 0.2) is 6.17 Å². The van der Waals surface area contributed by atoms with Crippen LogP contribution in [0.3, 0.4) is 0 Å². The molecule has 30 heavy (non-hydrogen) atoms. The summed E-state index contributed by atoms with van der Waals surface area (Å²) in [5.41, 5.74) is 2.31. The summed E-state index contributed by atoms with van der Waals surface area (Å²) < 4.78 is 14.6. The Bertz CT molecular complexity index is 739. The number of allylic oxidation sites excluding steroid dienone is 1. The molecule has 1 unspecified atom stereocenters. The molecule has 1 heterocycles. The van der Waals surface area contributed by atoms with E-state index in [9.17, 15) is 4.48 Å². The van der Waals surface area contributed by atoms with E-state index in [1.807, 2.05) is 6.21 Å². The first-order valence-electron chi connectivity index (χ1n) is 11.9. The molecular formula is C26H36FN3. The summed E-state index contributed by atoms with van der Waals surface area (Å²) in [6, 6.07) is 9.04. The number of nitrogens with zero attached hydrogens (tertiary/aromatic N) is 3. The standard InChI is InChI=1S/C26H36FN3/c1-2-3-4-5-6-7-21-8-10-22(11-9-21)12-13-24-19-29-26(30(27)20-24)25-16-14-23(18-28)15-17-25/h14-17,19-22,26H,2-13H2,1H3/t21-,22-,26?. The number of halogens is 1. The Balaban J connectivity index is 1.37. The average Bonchev–Trinajstić information content (AvgIpc) is 2.78. The topological polar surface area (TPSA) is 39.4 Å². The number of nitriles is 1. The van der Waals surface area contributed by atoms with Gasteiger partial charge in [-0.3, -0.25) is 4.99 Å². The number of rotatable bonds is 10. The van der Waals surface area contributed by atoms with E-state index in [-0.39, 0.29) is 0 Å². The minimum absolute atomic E-state index is 0.575. The molecule has 2 aliphatic rings. The molecule has 0 bridgehead atoms. The quantitative estimate of drug-likeness (QED) is 0.294. The number of unbranched alkanes of at least 4 members (excludes halogenated alkanes) is 4. The van der Waals surface area contributed by atoms with E-state index < -0.39 is 6.17 Å². The molecule has 0 radical (unpaired) electrons. The van der Waals surface area contributed by atoms with E-state index in [0.717, 1.165) is 35.8 Å². The van der Waals surface area contributed by atoms with Crippen molar-refractivity contribution < 1.29 is 4.48 Å². The van der Waals surface area contributed by atoms with E-state index in [2.05, 4.69) is 18.0 Å². The van der Waals surface area contributed by atoms with Crippen molar-refractivity contribution in [3.63, 3.8) is 0 Å². The van der Waals surface area contributed by atoms with Gasteiger partial charge >= 0.3 is 0 Å². The minimum Gasteiger partial charge on any atom is -0.261 e. The zero-order valence-electron chi connectivity index (χ0n) is 18.4. The second-order valence-corrected chi connectivity index (χ2v) is 9.06. The summed E-state index contributed by atoms with van der Waals surface area (Å²) >= 11 is 0. The maximum Gasteiger partial charge on any atom is 0.175 e. The van der Waals surface area contributed by atoms with Crippen LogP contribution in [0.25, 0.3) is 0 Å². The molecule has 1 atom stereocenters. The molecule has 3 rings (SSSR count). The third-order valence-corrected chi connectivity index (χ3v) is 6.77. The van der Waals surface area contributed by atoms with Gasteiger partial charge in [-0.15, -0.1) is 0 Å². The van der Waals surface area contributed by atoms with Crippen molar-refractivity contribution in [2.75, 3.05) is 0 Å². The smallest absolute Gasteiger partial charge is 0.175 e. The Morgan fingerprint density at radius 3 is 2.30 bits per heavy atom. The van der Waals surface area contributed by atoms with Gasteiger partial charge in [0.1, 0.15) is 0 Å². The summed E-state index contributed by atoms with van der Waals surface area (Å²) in [6.45, 7) is 2.27. The molecule has 1 aromatic carbocycles. The summed E-state index contributed by atoms with van der Waals surface area (Å²) in [7, 11) is 0. The molecule has 162 valence electrons. The van der Waals surface area contributed by atoms with Crippen molar-refractivity contribution in [1.29, 1.82) is 5.26 Å². The molecule has 0 amide bonds. The van der Waals surface area contributed by atoms with Crippen LogP contribution >= 0.6 is 0 Å². The van der Waals surface area contributed by atoms with Crippen molar-refractivity contribution in [3.05, 3.63) is 47.2 Å². The van der Waals surface area contributed by atoms with Gasteiger partial charge in [-0.05, 0) is 47.9 Å². The van der Waals surface area contributed by atoms with Gasteiger partial charge < -0.3 is 0 Å². The van der Waals surface area contributed by atoms with Gasteiger partial charge in [0.25, 0.3) is 0 Å². The molecule has 3 nitrogen and oxygen atoms in total. The normalized spacial score (nSPS) is 23.8. The molecule has 1 aliphatic heterocycles. The van der Waals surface area contributed by atoms with Gasteiger partial charge in [0.2, 0.25) is 0 Å². The Morgan fingerprint density at radius 2 is 1.67 bits per heavy atom. The van der Waals surface area contributed by atoms with Crippen molar-refractivity contribution in [1.82, 2.24) is 5.12 Å². The molecule has 1 fully saturated rings. The number of hydrogen-bond donors (Lipinski definition) is 0. The van der Waals surface area contributed by atoms with Crippen LogP contribution in [-0.4, -0.2) is 11.3 Å². The molecule has 1 aromatic rings. The first kappa shape index (κ1) is 22.5. The highest BCUT2D eigenvalue weighted by Gasteiger charge is 2.23. The van der Waals surface area contributed by atoms with Crippen LogP contribution in [0.15, 0.2) is 41.0 Å². The van der Waals surface area contributed by atoms with Gasteiger partial charge in [-0.1, -0.05) is 87.7 Å². The highest BCUT2D eigenvalue weighted by atomic mass is 19.2. The van der Waals surface area contributed by atoms with Gasteiger partial charge in [-0.2, -0.15) is 10.4 Å². The van der Waals surface area contributed by atoms with Crippen LogP contribution in [0.1, 0.15) is 101 Å². The lowest BCUT2D eigenvalue weighted by Crippen LogP contribution is -2.19. The first-order valence-corrected chi connectivity index (χ1v) is 11.9. The van der Waals surface area contributed by atoms with E-state index >= 15 is 0 Å². The van der Waals surface area contributed by atoms with Crippen LogP contribution in [0, 0.1) is 23.2 Å². The van der Waals surface area contributed by atoms with Gasteiger partial charge in [0, 0.05) is 12.4 Å². The maximum absolute atomic E-state index is 14.6. The second-order valence-electron chi connectivity index (χ2n) is 9.06. The van der Waals surface area contributed by atoms with Crippen LogP contribution in [0.2, 0.25) is 0 Å². The Hall–Kier alpha value is -2.15. The first-order chi connectivity index (χ1) is 14.7. The van der Waals surface area contributed by atoms with E-state index in [1.54, 1.807) is 30.5 Å². The lowest BCUT2D eigenvalue weighted by Gasteiger charge is -2.29. The lowest BCUT2D eigenvalue weighted by atomic mass is 9.77. The zero-order chi connectivity index (χ0) is 21.2. The minimum atomic E-state index is -0.644. The summed E-state index contributed by atoms with van der Waals surface area (Å²) in [5.74, 6) is 1.72. The fourth-order valence-electron chi connectivity index (χ4n) is 4.80.